The Morgan fingerprint density at radius 1 is 1.28 bits per heavy atom. The third-order valence-corrected chi connectivity index (χ3v) is 5.73. The Kier molecular flexibility index (Phi) is 6.72. The van der Waals surface area contributed by atoms with E-state index in [-0.39, 0.29) is 24.3 Å². The summed E-state index contributed by atoms with van der Waals surface area (Å²) in [6, 6.07) is 2.52. The molecule has 1 aliphatic heterocycles. The molecule has 0 amide bonds. The van der Waals surface area contributed by atoms with Crippen LogP contribution in [0.15, 0.2) is 18.5 Å². The van der Waals surface area contributed by atoms with Gasteiger partial charge in [-0.3, -0.25) is 9.59 Å². The van der Waals surface area contributed by atoms with Gasteiger partial charge in [0.05, 0.1) is 11.6 Å². The van der Waals surface area contributed by atoms with Crippen LogP contribution in [0, 0.1) is 11.8 Å². The fraction of sp³-hybridized carbons (Fsp3) is 0.619. The van der Waals surface area contributed by atoms with Crippen LogP contribution < -0.4 is 11.5 Å². The summed E-state index contributed by atoms with van der Waals surface area (Å²) >= 11 is 0. The number of aliphatic hydroxyl groups excluding tert-OH is 1. The topological polar surface area (TPSA) is 164 Å². The van der Waals surface area contributed by atoms with Crippen molar-refractivity contribution in [3.8, 4) is 0 Å². The molecule has 1 aliphatic rings. The molecule has 11 heteroatoms. The standard InChI is InChI=1S/C21H31N5O6/c1-10(2)15(22)20(29)31-16-13(8-30-19(28)11(3)4)32-21(5,17(16)27)14-7-6-12-18(23)24-9-25-26(12)14/h6-7,9-11,13,15-17,27H,8,22H2,1-5H3,(H2,23,24,25)/t13-,15+,16-,17-,21+/m1/s1. The SMILES string of the molecule is CC(C)C(=O)OC[C@H]1O[C@@](C)(c2ccc3c(N)ncnn23)[C@H](O)[C@@H]1OC(=O)[C@@H](N)C(C)C. The molecule has 32 heavy (non-hydrogen) atoms. The third-order valence-electron chi connectivity index (χ3n) is 5.73. The van der Waals surface area contributed by atoms with Gasteiger partial charge in [-0.15, -0.1) is 0 Å². The number of carbonyl (C=O) groups is 2. The van der Waals surface area contributed by atoms with E-state index < -0.39 is 41.9 Å². The first-order valence-corrected chi connectivity index (χ1v) is 10.5. The van der Waals surface area contributed by atoms with Crippen molar-refractivity contribution in [1.82, 2.24) is 14.6 Å². The van der Waals surface area contributed by atoms with Gasteiger partial charge in [-0.05, 0) is 25.0 Å². The molecule has 3 rings (SSSR count). The molecular weight excluding hydrogens is 418 g/mol. The van der Waals surface area contributed by atoms with E-state index in [9.17, 15) is 14.7 Å². The van der Waals surface area contributed by atoms with Crippen LogP contribution in [0.25, 0.3) is 5.52 Å². The van der Waals surface area contributed by atoms with Crippen LogP contribution in [0.1, 0.15) is 40.3 Å². The van der Waals surface area contributed by atoms with Crippen molar-refractivity contribution in [2.45, 2.75) is 64.6 Å². The first-order chi connectivity index (χ1) is 15.0. The number of aromatic nitrogens is 3. The minimum absolute atomic E-state index is 0.167. The number of ether oxygens (including phenoxy) is 3. The summed E-state index contributed by atoms with van der Waals surface area (Å²) in [5.74, 6) is -1.37. The lowest BCUT2D eigenvalue weighted by atomic mass is 9.93. The summed E-state index contributed by atoms with van der Waals surface area (Å²) in [5, 5.41) is 15.5. The van der Waals surface area contributed by atoms with Crippen LogP contribution >= 0.6 is 0 Å². The van der Waals surface area contributed by atoms with Crippen LogP contribution in [0.2, 0.25) is 0 Å². The molecule has 0 saturated carbocycles. The van der Waals surface area contributed by atoms with Crippen molar-refractivity contribution < 1.29 is 28.9 Å². The van der Waals surface area contributed by atoms with Gasteiger partial charge >= 0.3 is 11.9 Å². The normalized spacial score (nSPS) is 26.6. The van der Waals surface area contributed by atoms with E-state index in [0.717, 1.165) is 0 Å². The lowest BCUT2D eigenvalue weighted by molar-refractivity contribution is -0.163. The van der Waals surface area contributed by atoms with Crippen molar-refractivity contribution in [3.63, 3.8) is 0 Å². The summed E-state index contributed by atoms with van der Waals surface area (Å²) in [6.07, 6.45) is -2.06. The summed E-state index contributed by atoms with van der Waals surface area (Å²) in [7, 11) is 0. The predicted octanol–water partition coefficient (Wildman–Crippen LogP) is 0.381. The molecule has 2 aromatic heterocycles. The van der Waals surface area contributed by atoms with Gasteiger partial charge in [0.1, 0.15) is 42.3 Å². The second-order valence-corrected chi connectivity index (χ2v) is 8.83. The first-order valence-electron chi connectivity index (χ1n) is 10.5. The molecule has 3 heterocycles. The van der Waals surface area contributed by atoms with Gasteiger partial charge in [-0.2, -0.15) is 5.10 Å². The minimum atomic E-state index is -1.35. The van der Waals surface area contributed by atoms with E-state index in [1.54, 1.807) is 46.8 Å². The number of hydrogen-bond acceptors (Lipinski definition) is 10. The predicted molar refractivity (Wildman–Crippen MR) is 114 cm³/mol. The molecule has 5 atom stereocenters. The second-order valence-electron chi connectivity index (χ2n) is 8.83. The lowest BCUT2D eigenvalue weighted by Gasteiger charge is -2.28. The summed E-state index contributed by atoms with van der Waals surface area (Å²) < 4.78 is 18.6. The molecule has 0 aliphatic carbocycles. The number of nitrogens with two attached hydrogens (primary N) is 2. The number of nitrogens with zero attached hydrogens (tertiary/aromatic N) is 3. The van der Waals surface area contributed by atoms with Crippen molar-refractivity contribution >= 4 is 23.3 Å². The molecule has 11 nitrogen and oxygen atoms in total. The maximum Gasteiger partial charge on any atom is 0.323 e. The second kappa shape index (κ2) is 9.00. The van der Waals surface area contributed by atoms with Gasteiger partial charge in [-0.25, -0.2) is 9.50 Å². The van der Waals surface area contributed by atoms with Crippen LogP contribution in [0.5, 0.6) is 0 Å². The van der Waals surface area contributed by atoms with E-state index >= 15 is 0 Å². The molecule has 0 spiro atoms. The molecule has 2 aromatic rings. The molecule has 5 N–H and O–H groups in total. The molecular formula is C21H31N5O6. The number of esters is 2. The zero-order valence-electron chi connectivity index (χ0n) is 18.9. The van der Waals surface area contributed by atoms with Gasteiger partial charge in [0.25, 0.3) is 0 Å². The smallest absolute Gasteiger partial charge is 0.323 e. The van der Waals surface area contributed by atoms with Crippen LogP contribution in [-0.2, 0) is 29.4 Å². The van der Waals surface area contributed by atoms with Gasteiger partial charge in [0.15, 0.2) is 11.9 Å². The molecule has 0 radical (unpaired) electrons. The van der Waals surface area contributed by atoms with Gasteiger partial charge in [-0.1, -0.05) is 27.7 Å². The van der Waals surface area contributed by atoms with E-state index in [4.69, 9.17) is 25.7 Å². The van der Waals surface area contributed by atoms with Crippen molar-refractivity contribution in [2.24, 2.45) is 17.6 Å². The van der Waals surface area contributed by atoms with E-state index in [1.165, 1.54) is 10.8 Å². The fourth-order valence-electron chi connectivity index (χ4n) is 3.59. The van der Waals surface area contributed by atoms with E-state index in [2.05, 4.69) is 10.1 Å². The Balaban J connectivity index is 1.94. The maximum atomic E-state index is 12.6. The van der Waals surface area contributed by atoms with Gasteiger partial charge in [0, 0.05) is 0 Å². The Labute approximate surface area is 186 Å². The number of fused-ring (bicyclic) bond motifs is 1. The number of anilines is 1. The first kappa shape index (κ1) is 23.9. The third kappa shape index (κ3) is 4.27. The highest BCUT2D eigenvalue weighted by atomic mass is 16.6. The van der Waals surface area contributed by atoms with E-state index in [1.807, 2.05) is 0 Å². The monoisotopic (exact) mass is 449 g/mol. The van der Waals surface area contributed by atoms with Gasteiger partial charge < -0.3 is 30.8 Å². The number of hydrogen-bond donors (Lipinski definition) is 3. The minimum Gasteiger partial charge on any atom is -0.463 e. The average Bonchev–Trinajstić information content (AvgIpc) is 3.28. The number of carbonyl (C=O) groups excluding carboxylic acids is 2. The maximum absolute atomic E-state index is 12.6. The zero-order chi connectivity index (χ0) is 23.8. The molecule has 0 unspecified atom stereocenters. The Bertz CT molecular complexity index is 992. The Morgan fingerprint density at radius 3 is 2.59 bits per heavy atom. The highest BCUT2D eigenvalue weighted by Gasteiger charge is 2.56. The molecule has 176 valence electrons. The Hall–Kier alpha value is -2.76. The van der Waals surface area contributed by atoms with Crippen LogP contribution in [0.3, 0.4) is 0 Å². The van der Waals surface area contributed by atoms with Crippen molar-refractivity contribution in [1.29, 1.82) is 0 Å². The Morgan fingerprint density at radius 2 is 1.97 bits per heavy atom. The zero-order valence-corrected chi connectivity index (χ0v) is 18.9. The lowest BCUT2D eigenvalue weighted by Crippen LogP contribution is -2.46. The largest absolute Gasteiger partial charge is 0.463 e. The molecule has 1 fully saturated rings. The van der Waals surface area contributed by atoms with E-state index in [0.29, 0.717) is 11.2 Å². The molecule has 1 saturated heterocycles. The number of aliphatic hydroxyl groups is 1. The summed E-state index contributed by atoms with van der Waals surface area (Å²) in [5.41, 5.74) is 11.5. The average molecular weight is 450 g/mol. The van der Waals surface area contributed by atoms with Crippen LogP contribution in [-0.4, -0.2) is 62.6 Å². The molecule has 0 aromatic carbocycles. The number of nitrogen functional groups attached to an aromatic ring is 1. The van der Waals surface area contributed by atoms with Gasteiger partial charge in [0.2, 0.25) is 0 Å². The van der Waals surface area contributed by atoms with Crippen molar-refractivity contribution in [2.75, 3.05) is 12.3 Å². The molecule has 0 bridgehead atoms. The quantitative estimate of drug-likeness (QED) is 0.503. The summed E-state index contributed by atoms with van der Waals surface area (Å²) in [6.45, 7) is 8.41. The number of rotatable bonds is 7. The summed E-state index contributed by atoms with van der Waals surface area (Å²) in [4.78, 5) is 28.5. The fourth-order valence-corrected chi connectivity index (χ4v) is 3.59. The highest BCUT2D eigenvalue weighted by molar-refractivity contribution is 5.76. The van der Waals surface area contributed by atoms with Crippen LogP contribution in [0.4, 0.5) is 5.82 Å². The highest BCUT2D eigenvalue weighted by Crippen LogP contribution is 2.42. The van der Waals surface area contributed by atoms with Crippen molar-refractivity contribution in [3.05, 3.63) is 24.2 Å².